The van der Waals surface area contributed by atoms with Gasteiger partial charge in [0, 0.05) is 35.4 Å². The molecule has 39 heavy (non-hydrogen) atoms. The molecule has 0 fully saturated rings. The first-order valence-electron chi connectivity index (χ1n) is 13.3. The molecule has 0 aliphatic carbocycles. The maximum Gasteiger partial charge on any atom is 0.328 e. The van der Waals surface area contributed by atoms with Gasteiger partial charge in [0.15, 0.2) is 5.78 Å². The van der Waals surface area contributed by atoms with E-state index < -0.39 is 29.3 Å². The number of hydrogen-bond acceptors (Lipinski definition) is 9. The molecule has 1 aromatic rings. The third kappa shape index (κ3) is 7.55. The second-order valence-corrected chi connectivity index (χ2v) is 10.3. The van der Waals surface area contributed by atoms with Crippen LogP contribution in [-0.4, -0.2) is 55.4 Å². The van der Waals surface area contributed by atoms with Crippen molar-refractivity contribution in [3.63, 3.8) is 0 Å². The fraction of sp³-hybridized carbons (Fsp3) is 0.483. The minimum atomic E-state index is -1.07. The summed E-state index contributed by atoms with van der Waals surface area (Å²) in [7, 11) is 0. The highest BCUT2D eigenvalue weighted by atomic mass is 16.5. The molecule has 210 valence electrons. The van der Waals surface area contributed by atoms with Gasteiger partial charge < -0.3 is 25.4 Å². The van der Waals surface area contributed by atoms with Crippen LogP contribution in [0.3, 0.4) is 0 Å². The van der Waals surface area contributed by atoms with Crippen LogP contribution in [0.25, 0.3) is 0 Å². The molecule has 1 amide bonds. The number of Topliss-reactive ketones (excluding diaryl/α,β-unsaturated/α-hetero) is 1. The molecule has 0 spiro atoms. The van der Waals surface area contributed by atoms with Crippen molar-refractivity contribution in [1.82, 2.24) is 16.0 Å². The van der Waals surface area contributed by atoms with Gasteiger partial charge in [-0.15, -0.1) is 0 Å². The van der Waals surface area contributed by atoms with Crippen molar-refractivity contribution in [3.8, 4) is 0 Å². The van der Waals surface area contributed by atoms with E-state index >= 15 is 0 Å². The van der Waals surface area contributed by atoms with Gasteiger partial charge in [-0.25, -0.2) is 9.79 Å². The molecule has 0 aromatic heterocycles. The monoisotopic (exact) mass is 538 g/mol. The third-order valence-electron chi connectivity index (χ3n) is 6.34. The molecule has 0 unspecified atom stereocenters. The number of benzene rings is 1. The van der Waals surface area contributed by atoms with E-state index in [0.717, 1.165) is 22.5 Å². The lowest BCUT2D eigenvalue weighted by atomic mass is 9.81. The van der Waals surface area contributed by atoms with Crippen LogP contribution < -0.4 is 16.0 Å². The molecule has 0 saturated carbocycles. The highest BCUT2D eigenvalue weighted by molar-refractivity contribution is 6.11. The van der Waals surface area contributed by atoms with Gasteiger partial charge in [0.2, 0.25) is 0 Å². The number of nitrogens with one attached hydrogen (secondary N) is 3. The predicted octanol–water partition coefficient (Wildman–Crippen LogP) is 3.18. The summed E-state index contributed by atoms with van der Waals surface area (Å²) in [6.45, 7) is 9.71. The minimum Gasteiger partial charge on any atom is -0.466 e. The van der Waals surface area contributed by atoms with E-state index in [1.807, 2.05) is 18.5 Å². The normalized spacial score (nSPS) is 14.9. The number of aliphatic imine (C=N–C) groups is 1. The van der Waals surface area contributed by atoms with Crippen molar-refractivity contribution < 1.29 is 28.7 Å². The van der Waals surface area contributed by atoms with Crippen LogP contribution in [-0.2, 0) is 25.5 Å². The summed E-state index contributed by atoms with van der Waals surface area (Å²) in [5.41, 5.74) is 2.49. The molecule has 0 saturated heterocycles. The van der Waals surface area contributed by atoms with Gasteiger partial charge in [-0.1, -0.05) is 32.9 Å². The molecule has 1 atom stereocenters. The molecule has 2 aliphatic rings. The van der Waals surface area contributed by atoms with Crippen molar-refractivity contribution in [2.24, 2.45) is 10.4 Å². The number of carbonyl (C=O) groups excluding carboxylic acids is 4. The second kappa shape index (κ2) is 13.2. The molecule has 3 rings (SSSR count). The van der Waals surface area contributed by atoms with Gasteiger partial charge in [-0.2, -0.15) is 0 Å². The fourth-order valence-electron chi connectivity index (χ4n) is 4.36. The quantitative estimate of drug-likeness (QED) is 0.273. The van der Waals surface area contributed by atoms with E-state index in [0.29, 0.717) is 25.1 Å². The predicted molar refractivity (Wildman–Crippen MR) is 147 cm³/mol. The second-order valence-electron chi connectivity index (χ2n) is 10.3. The molecule has 3 N–H and O–H groups in total. The van der Waals surface area contributed by atoms with Gasteiger partial charge in [-0.05, 0) is 50.3 Å². The van der Waals surface area contributed by atoms with Crippen LogP contribution >= 0.6 is 0 Å². The zero-order valence-corrected chi connectivity index (χ0v) is 23.3. The standard InChI is InChI=1S/C29H38N4O6/c1-6-38-23(34)14-13-22(28(37)39-7-2)33-27(36)20-10-8-9-18(24(20)25(35)29(3,4)5)11-12-19-15-31-26-21(19)16-30-17-32-26/h8-10,15-16,22,30H,6-7,11-14,17H2,1-5H3,(H,31,32)(H,33,36)/t22-/m0/s1. The van der Waals surface area contributed by atoms with Gasteiger partial charge in [0.25, 0.3) is 5.91 Å². The van der Waals surface area contributed by atoms with E-state index in [-0.39, 0.29) is 37.4 Å². The smallest absolute Gasteiger partial charge is 0.328 e. The third-order valence-corrected chi connectivity index (χ3v) is 6.34. The highest BCUT2D eigenvalue weighted by Crippen LogP contribution is 2.30. The number of ketones is 1. The van der Waals surface area contributed by atoms with Gasteiger partial charge in [-0.3, -0.25) is 14.4 Å². The van der Waals surface area contributed by atoms with Gasteiger partial charge in [0.1, 0.15) is 11.9 Å². The summed E-state index contributed by atoms with van der Waals surface area (Å²) in [6, 6.07) is 4.09. The van der Waals surface area contributed by atoms with Gasteiger partial charge >= 0.3 is 11.9 Å². The summed E-state index contributed by atoms with van der Waals surface area (Å²) in [4.78, 5) is 56.1. The number of fused-ring (bicyclic) bond motifs is 1. The molecular formula is C29H38N4O6. The largest absolute Gasteiger partial charge is 0.466 e. The number of aryl methyl sites for hydroxylation is 1. The van der Waals surface area contributed by atoms with Crippen molar-refractivity contribution >= 4 is 29.5 Å². The van der Waals surface area contributed by atoms with Crippen molar-refractivity contribution in [2.75, 3.05) is 19.9 Å². The van der Waals surface area contributed by atoms with Crippen LogP contribution in [0.5, 0.6) is 0 Å². The van der Waals surface area contributed by atoms with E-state index in [9.17, 15) is 19.2 Å². The topological polar surface area (TPSA) is 135 Å². The fourth-order valence-corrected chi connectivity index (χ4v) is 4.36. The SMILES string of the molecule is CCOC(=O)CC[C@H](NC(=O)c1cccc(CCC2=CN=C3NCNC=C23)c1C(=O)C(C)(C)C)C(=O)OCC. The summed E-state index contributed by atoms with van der Waals surface area (Å²) >= 11 is 0. The number of nitrogens with zero attached hydrogens (tertiary/aromatic N) is 1. The van der Waals surface area contributed by atoms with Crippen molar-refractivity contribution in [1.29, 1.82) is 0 Å². The maximum atomic E-state index is 13.6. The van der Waals surface area contributed by atoms with Crippen molar-refractivity contribution in [3.05, 3.63) is 58.4 Å². The first-order valence-corrected chi connectivity index (χ1v) is 13.3. The molecule has 0 radical (unpaired) electrons. The first-order chi connectivity index (χ1) is 18.6. The lowest BCUT2D eigenvalue weighted by Crippen LogP contribution is -2.43. The Morgan fingerprint density at radius 2 is 1.82 bits per heavy atom. The summed E-state index contributed by atoms with van der Waals surface area (Å²) in [5.74, 6) is -1.07. The number of hydrogen-bond donors (Lipinski definition) is 3. The van der Waals surface area contributed by atoms with E-state index in [1.165, 1.54) is 0 Å². The molecule has 10 heteroatoms. The molecule has 1 aromatic carbocycles. The van der Waals surface area contributed by atoms with Crippen LogP contribution in [0.1, 0.15) is 80.2 Å². The number of carbonyl (C=O) groups is 4. The number of esters is 2. The Bertz CT molecular complexity index is 1210. The molecule has 2 aliphatic heterocycles. The Hall–Kier alpha value is -3.95. The molecule has 2 heterocycles. The molecule has 0 bridgehead atoms. The lowest BCUT2D eigenvalue weighted by Gasteiger charge is -2.23. The highest BCUT2D eigenvalue weighted by Gasteiger charge is 2.32. The Labute approximate surface area is 229 Å². The average molecular weight is 539 g/mol. The number of amides is 1. The van der Waals surface area contributed by atoms with Crippen LogP contribution in [0, 0.1) is 5.41 Å². The Morgan fingerprint density at radius 3 is 2.51 bits per heavy atom. The van der Waals surface area contributed by atoms with Crippen molar-refractivity contribution in [2.45, 2.75) is 66.3 Å². The summed E-state index contributed by atoms with van der Waals surface area (Å²) in [6.07, 6.45) is 4.81. The van der Waals surface area contributed by atoms with Crippen LogP contribution in [0.2, 0.25) is 0 Å². The van der Waals surface area contributed by atoms with E-state index in [1.54, 1.807) is 46.8 Å². The van der Waals surface area contributed by atoms with Crippen LogP contribution in [0.4, 0.5) is 0 Å². The number of rotatable bonds is 12. The molecular weight excluding hydrogens is 500 g/mol. The number of amidine groups is 1. The zero-order valence-electron chi connectivity index (χ0n) is 23.3. The first kappa shape index (κ1) is 29.6. The minimum absolute atomic E-state index is 0.0132. The lowest BCUT2D eigenvalue weighted by molar-refractivity contribution is -0.146. The summed E-state index contributed by atoms with van der Waals surface area (Å²) in [5, 5.41) is 9.03. The Morgan fingerprint density at radius 1 is 1.08 bits per heavy atom. The molecule has 10 nitrogen and oxygen atoms in total. The van der Waals surface area contributed by atoms with E-state index in [4.69, 9.17) is 9.47 Å². The summed E-state index contributed by atoms with van der Waals surface area (Å²) < 4.78 is 10.1. The zero-order chi connectivity index (χ0) is 28.6. The maximum absolute atomic E-state index is 13.6. The van der Waals surface area contributed by atoms with Gasteiger partial charge in [0.05, 0.1) is 25.4 Å². The average Bonchev–Trinajstić information content (AvgIpc) is 3.31. The van der Waals surface area contributed by atoms with Crippen LogP contribution in [0.15, 0.2) is 46.7 Å². The van der Waals surface area contributed by atoms with E-state index in [2.05, 4.69) is 20.9 Å². The Balaban J connectivity index is 1.87. The Kier molecular flexibility index (Phi) is 10.0. The number of ether oxygens (including phenoxy) is 2.